The zero-order valence-corrected chi connectivity index (χ0v) is 15.8. The molecule has 5 heteroatoms. The topological polar surface area (TPSA) is 55.3 Å². The number of fused-ring (bicyclic) bond motifs is 2. The number of aryl methyl sites for hydroxylation is 1. The molecular formula is C22H25N3O2. The predicted octanol–water partition coefficient (Wildman–Crippen LogP) is 3.25. The Kier molecular flexibility index (Phi) is 4.01. The lowest BCUT2D eigenvalue weighted by atomic mass is 9.80. The van der Waals surface area contributed by atoms with Gasteiger partial charge in [-0.25, -0.2) is 9.97 Å². The average molecular weight is 363 g/mol. The van der Waals surface area contributed by atoms with E-state index in [1.165, 1.54) is 12.8 Å². The van der Waals surface area contributed by atoms with Crippen LogP contribution in [-0.2, 0) is 21.6 Å². The fraction of sp³-hybridized carbons (Fsp3) is 0.500. The van der Waals surface area contributed by atoms with Crippen LogP contribution in [-0.4, -0.2) is 40.5 Å². The molecule has 1 aromatic carbocycles. The summed E-state index contributed by atoms with van der Waals surface area (Å²) in [6, 6.07) is 10.1. The van der Waals surface area contributed by atoms with E-state index in [0.717, 1.165) is 47.8 Å². The molecule has 2 fully saturated rings. The first-order valence-corrected chi connectivity index (χ1v) is 9.94. The molecule has 1 spiro atoms. The summed E-state index contributed by atoms with van der Waals surface area (Å²) >= 11 is 0. The van der Waals surface area contributed by atoms with Crippen LogP contribution in [0.1, 0.15) is 42.6 Å². The first kappa shape index (κ1) is 16.9. The van der Waals surface area contributed by atoms with E-state index in [9.17, 15) is 4.79 Å². The first-order valence-electron chi connectivity index (χ1n) is 9.94. The number of carbonyl (C=O) groups excluding carboxylic acids is 1. The van der Waals surface area contributed by atoms with E-state index in [4.69, 9.17) is 14.7 Å². The number of rotatable bonds is 3. The lowest BCUT2D eigenvalue weighted by Gasteiger charge is -2.35. The molecule has 140 valence electrons. The zero-order valence-electron chi connectivity index (χ0n) is 15.8. The SMILES string of the molecule is Cc1nc(-c2ccccc2)nc2c1COC[C@@]21CCN(C(=O)CC2CC2)C1. The summed E-state index contributed by atoms with van der Waals surface area (Å²) in [4.78, 5) is 24.4. The van der Waals surface area contributed by atoms with Gasteiger partial charge >= 0.3 is 0 Å². The smallest absolute Gasteiger partial charge is 0.222 e. The van der Waals surface area contributed by atoms with Gasteiger partial charge in [-0.05, 0) is 32.1 Å². The normalized spacial score (nSPS) is 24.3. The average Bonchev–Trinajstić information content (AvgIpc) is 3.40. The van der Waals surface area contributed by atoms with E-state index in [0.29, 0.717) is 31.5 Å². The highest BCUT2D eigenvalue weighted by molar-refractivity contribution is 5.77. The number of ether oxygens (including phenoxy) is 1. The highest BCUT2D eigenvalue weighted by atomic mass is 16.5. The highest BCUT2D eigenvalue weighted by Crippen LogP contribution is 2.41. The van der Waals surface area contributed by atoms with Gasteiger partial charge in [-0.15, -0.1) is 0 Å². The molecule has 5 rings (SSSR count). The van der Waals surface area contributed by atoms with Crippen molar-refractivity contribution in [1.82, 2.24) is 14.9 Å². The molecule has 27 heavy (non-hydrogen) atoms. The Morgan fingerprint density at radius 1 is 1.26 bits per heavy atom. The monoisotopic (exact) mass is 363 g/mol. The van der Waals surface area contributed by atoms with Gasteiger partial charge in [0, 0.05) is 36.3 Å². The van der Waals surface area contributed by atoms with E-state index in [1.54, 1.807) is 0 Å². The molecule has 1 saturated heterocycles. The number of hydrogen-bond donors (Lipinski definition) is 0. The summed E-state index contributed by atoms with van der Waals surface area (Å²) in [5.74, 6) is 1.70. The van der Waals surface area contributed by atoms with Crippen molar-refractivity contribution in [3.8, 4) is 11.4 Å². The van der Waals surface area contributed by atoms with Gasteiger partial charge in [0.2, 0.25) is 5.91 Å². The highest BCUT2D eigenvalue weighted by Gasteiger charge is 2.47. The fourth-order valence-corrected chi connectivity index (χ4v) is 4.44. The zero-order chi connectivity index (χ0) is 18.4. The second-order valence-corrected chi connectivity index (χ2v) is 8.31. The van der Waals surface area contributed by atoms with Crippen molar-refractivity contribution in [1.29, 1.82) is 0 Å². The van der Waals surface area contributed by atoms with Crippen LogP contribution in [0.15, 0.2) is 30.3 Å². The van der Waals surface area contributed by atoms with Crippen LogP contribution in [0.2, 0.25) is 0 Å². The van der Waals surface area contributed by atoms with Gasteiger partial charge in [0.05, 0.1) is 24.3 Å². The molecule has 0 N–H and O–H groups in total. The van der Waals surface area contributed by atoms with E-state index >= 15 is 0 Å². The standard InChI is InChI=1S/C22H25N3O2/c1-15-18-12-27-14-22(9-10-25(13-22)19(26)11-16-7-8-16)20(18)24-21(23-15)17-5-3-2-4-6-17/h2-6,16H,7-14H2,1H3/t22-/m0/s1. The maximum Gasteiger partial charge on any atom is 0.222 e. The second kappa shape index (κ2) is 6.41. The van der Waals surface area contributed by atoms with Crippen molar-refractivity contribution in [2.24, 2.45) is 5.92 Å². The quantitative estimate of drug-likeness (QED) is 0.840. The molecule has 1 saturated carbocycles. The molecular weight excluding hydrogens is 338 g/mol. The van der Waals surface area contributed by atoms with E-state index in [-0.39, 0.29) is 5.41 Å². The number of likely N-dealkylation sites (tertiary alicyclic amines) is 1. The third kappa shape index (κ3) is 3.04. The van der Waals surface area contributed by atoms with Crippen molar-refractivity contribution < 1.29 is 9.53 Å². The van der Waals surface area contributed by atoms with Crippen molar-refractivity contribution in [2.45, 2.75) is 44.6 Å². The summed E-state index contributed by atoms with van der Waals surface area (Å²) in [5, 5.41) is 0. The number of amides is 1. The molecule has 0 bridgehead atoms. The van der Waals surface area contributed by atoms with Gasteiger partial charge in [0.15, 0.2) is 5.82 Å². The maximum absolute atomic E-state index is 12.6. The maximum atomic E-state index is 12.6. The summed E-state index contributed by atoms with van der Waals surface area (Å²) in [6.07, 6.45) is 4.05. The van der Waals surface area contributed by atoms with E-state index in [2.05, 4.69) is 0 Å². The Bertz CT molecular complexity index is 879. The number of hydrogen-bond acceptors (Lipinski definition) is 4. The predicted molar refractivity (Wildman–Crippen MR) is 102 cm³/mol. The minimum absolute atomic E-state index is 0.190. The summed E-state index contributed by atoms with van der Waals surface area (Å²) < 4.78 is 5.96. The lowest BCUT2D eigenvalue weighted by molar-refractivity contribution is -0.130. The number of aromatic nitrogens is 2. The number of carbonyl (C=O) groups is 1. The third-order valence-electron chi connectivity index (χ3n) is 6.24. The van der Waals surface area contributed by atoms with Gasteiger partial charge in [-0.3, -0.25) is 4.79 Å². The van der Waals surface area contributed by atoms with Gasteiger partial charge in [0.1, 0.15) is 0 Å². The molecule has 2 aliphatic heterocycles. The molecule has 0 unspecified atom stereocenters. The number of benzene rings is 1. The van der Waals surface area contributed by atoms with Crippen LogP contribution in [0.3, 0.4) is 0 Å². The Labute approximate surface area is 159 Å². The summed E-state index contributed by atoms with van der Waals surface area (Å²) in [7, 11) is 0. The minimum atomic E-state index is -0.190. The van der Waals surface area contributed by atoms with Gasteiger partial charge in [-0.2, -0.15) is 0 Å². The molecule has 5 nitrogen and oxygen atoms in total. The van der Waals surface area contributed by atoms with E-state index < -0.39 is 0 Å². The van der Waals surface area contributed by atoms with Crippen molar-refractivity contribution in [3.05, 3.63) is 47.3 Å². The first-order chi connectivity index (χ1) is 13.1. The van der Waals surface area contributed by atoms with Crippen LogP contribution in [0.5, 0.6) is 0 Å². The van der Waals surface area contributed by atoms with Crippen LogP contribution in [0.25, 0.3) is 11.4 Å². The van der Waals surface area contributed by atoms with Crippen molar-refractivity contribution in [2.75, 3.05) is 19.7 Å². The fourth-order valence-electron chi connectivity index (χ4n) is 4.44. The Morgan fingerprint density at radius 3 is 2.85 bits per heavy atom. The largest absolute Gasteiger partial charge is 0.376 e. The lowest BCUT2D eigenvalue weighted by Crippen LogP contribution is -2.42. The Hall–Kier alpha value is -2.27. The third-order valence-corrected chi connectivity index (χ3v) is 6.24. The Morgan fingerprint density at radius 2 is 2.07 bits per heavy atom. The number of nitrogens with zero attached hydrogens (tertiary/aromatic N) is 3. The van der Waals surface area contributed by atoms with Crippen molar-refractivity contribution in [3.63, 3.8) is 0 Å². The molecule has 3 heterocycles. The molecule has 0 radical (unpaired) electrons. The van der Waals surface area contributed by atoms with Crippen molar-refractivity contribution >= 4 is 5.91 Å². The van der Waals surface area contributed by atoms with Gasteiger partial charge < -0.3 is 9.64 Å². The molecule has 1 atom stereocenters. The van der Waals surface area contributed by atoms with Gasteiger partial charge in [0.25, 0.3) is 0 Å². The van der Waals surface area contributed by atoms with Gasteiger partial charge in [-0.1, -0.05) is 30.3 Å². The Balaban J connectivity index is 1.50. The van der Waals surface area contributed by atoms with Crippen LogP contribution >= 0.6 is 0 Å². The van der Waals surface area contributed by atoms with E-state index in [1.807, 2.05) is 42.2 Å². The van der Waals surface area contributed by atoms with Crippen LogP contribution in [0, 0.1) is 12.8 Å². The molecule has 2 aromatic rings. The minimum Gasteiger partial charge on any atom is -0.376 e. The second-order valence-electron chi connectivity index (χ2n) is 8.31. The summed E-state index contributed by atoms with van der Waals surface area (Å²) in [6.45, 7) is 4.76. The molecule has 1 amide bonds. The summed E-state index contributed by atoms with van der Waals surface area (Å²) in [5.41, 5.74) is 4.04. The molecule has 3 aliphatic rings. The molecule has 1 aromatic heterocycles. The van der Waals surface area contributed by atoms with Crippen LogP contribution in [0.4, 0.5) is 0 Å². The van der Waals surface area contributed by atoms with Crippen LogP contribution < -0.4 is 0 Å². The molecule has 1 aliphatic carbocycles.